The number of ketones is 2. The number of Topliss-reactive ketones (excluding diaryl/α,β-unsaturated/α-hetero) is 2. The summed E-state index contributed by atoms with van der Waals surface area (Å²) in [5.41, 5.74) is 4.26. The van der Waals surface area contributed by atoms with Gasteiger partial charge in [0.15, 0.2) is 12.4 Å². The highest BCUT2D eigenvalue weighted by molar-refractivity contribution is 6.04. The first-order valence-electron chi connectivity index (χ1n) is 8.94. The zero-order valence-electron chi connectivity index (χ0n) is 16.3. The molecule has 0 unspecified atom stereocenters. The molecule has 1 N–H and O–H groups in total. The van der Waals surface area contributed by atoms with Crippen molar-refractivity contribution in [2.24, 2.45) is 0 Å². The quantitative estimate of drug-likeness (QED) is 0.520. The molecule has 0 aliphatic heterocycles. The number of carbonyl (C=O) groups excluding carboxylic acids is 3. The van der Waals surface area contributed by atoms with Gasteiger partial charge in [0.05, 0.1) is 11.3 Å². The first kappa shape index (κ1) is 19.4. The van der Waals surface area contributed by atoms with Gasteiger partial charge in [-0.05, 0) is 63.1 Å². The third kappa shape index (κ3) is 3.67. The second-order valence-electron chi connectivity index (χ2n) is 6.77. The van der Waals surface area contributed by atoms with E-state index in [0.717, 1.165) is 11.3 Å². The van der Waals surface area contributed by atoms with Crippen LogP contribution in [0.1, 0.15) is 54.9 Å². The van der Waals surface area contributed by atoms with E-state index in [-0.39, 0.29) is 11.6 Å². The summed E-state index contributed by atoms with van der Waals surface area (Å²) < 4.78 is 7.13. The second-order valence-corrected chi connectivity index (χ2v) is 6.77. The smallest absolute Gasteiger partial charge is 0.338 e. The molecular formula is C22H22N2O4. The summed E-state index contributed by atoms with van der Waals surface area (Å²) in [5.74, 6) is -1.06. The highest BCUT2D eigenvalue weighted by Crippen LogP contribution is 2.20. The Labute approximate surface area is 163 Å². The minimum atomic E-state index is -0.575. The number of nitrogens with one attached hydrogen (secondary N) is 1. The van der Waals surface area contributed by atoms with Crippen LogP contribution in [-0.4, -0.2) is 33.7 Å². The summed E-state index contributed by atoms with van der Waals surface area (Å²) in [5, 5.41) is 0. The van der Waals surface area contributed by atoms with Gasteiger partial charge in [-0.3, -0.25) is 9.59 Å². The lowest BCUT2D eigenvalue weighted by Gasteiger charge is -2.10. The number of nitrogens with zero attached hydrogens (tertiary/aromatic N) is 1. The van der Waals surface area contributed by atoms with Crippen molar-refractivity contribution in [2.75, 3.05) is 6.61 Å². The molecule has 0 spiro atoms. The average molecular weight is 378 g/mol. The molecule has 144 valence electrons. The van der Waals surface area contributed by atoms with Crippen molar-refractivity contribution < 1.29 is 19.1 Å². The van der Waals surface area contributed by atoms with Gasteiger partial charge in [0.25, 0.3) is 0 Å². The molecule has 0 bridgehead atoms. The van der Waals surface area contributed by atoms with E-state index in [1.807, 2.05) is 42.1 Å². The van der Waals surface area contributed by atoms with Crippen LogP contribution in [0.3, 0.4) is 0 Å². The number of hydrogen-bond donors (Lipinski definition) is 1. The van der Waals surface area contributed by atoms with Crippen LogP contribution in [0.25, 0.3) is 5.69 Å². The summed E-state index contributed by atoms with van der Waals surface area (Å²) in [4.78, 5) is 39.5. The molecule has 3 rings (SSSR count). The van der Waals surface area contributed by atoms with Gasteiger partial charge in [-0.15, -0.1) is 0 Å². The number of rotatable bonds is 6. The fraction of sp³-hybridized carbons (Fsp3) is 0.227. The number of carbonyl (C=O) groups is 3. The minimum absolute atomic E-state index is 0.112. The largest absolute Gasteiger partial charge is 0.454 e. The molecule has 1 aromatic carbocycles. The van der Waals surface area contributed by atoms with E-state index in [1.54, 1.807) is 26.0 Å². The van der Waals surface area contributed by atoms with Gasteiger partial charge < -0.3 is 14.3 Å². The maximum atomic E-state index is 12.5. The molecule has 0 amide bonds. The molecule has 2 aromatic heterocycles. The van der Waals surface area contributed by atoms with Crippen molar-refractivity contribution in [3.63, 3.8) is 0 Å². The molecule has 0 radical (unpaired) electrons. The molecule has 0 atom stereocenters. The maximum Gasteiger partial charge on any atom is 0.338 e. The summed E-state index contributed by atoms with van der Waals surface area (Å²) in [6.45, 7) is 6.46. The van der Waals surface area contributed by atoms with Gasteiger partial charge in [0.2, 0.25) is 5.78 Å². The Kier molecular flexibility index (Phi) is 5.31. The monoisotopic (exact) mass is 378 g/mol. The lowest BCUT2D eigenvalue weighted by atomic mass is 10.1. The normalized spacial score (nSPS) is 10.7. The minimum Gasteiger partial charge on any atom is -0.454 e. The third-order valence-electron chi connectivity index (χ3n) is 4.73. The molecular weight excluding hydrogens is 356 g/mol. The lowest BCUT2D eigenvalue weighted by Crippen LogP contribution is -2.16. The van der Waals surface area contributed by atoms with E-state index in [1.165, 1.54) is 6.92 Å². The molecule has 0 saturated carbocycles. The van der Waals surface area contributed by atoms with Gasteiger partial charge in [0.1, 0.15) is 0 Å². The number of H-pyrrole nitrogens is 1. The first-order valence-corrected chi connectivity index (χ1v) is 8.94. The van der Waals surface area contributed by atoms with Gasteiger partial charge in [0, 0.05) is 29.3 Å². The van der Waals surface area contributed by atoms with E-state index >= 15 is 0 Å². The van der Waals surface area contributed by atoms with Gasteiger partial charge in [-0.1, -0.05) is 6.07 Å². The van der Waals surface area contributed by atoms with Crippen molar-refractivity contribution in [1.29, 1.82) is 0 Å². The van der Waals surface area contributed by atoms with Crippen molar-refractivity contribution in [1.82, 2.24) is 9.55 Å². The summed E-state index contributed by atoms with van der Waals surface area (Å²) in [7, 11) is 0. The van der Waals surface area contributed by atoms with Gasteiger partial charge in [-0.2, -0.15) is 0 Å². The van der Waals surface area contributed by atoms with Crippen molar-refractivity contribution in [3.8, 4) is 5.69 Å². The number of hydrogen-bond acceptors (Lipinski definition) is 4. The number of aromatic nitrogens is 2. The van der Waals surface area contributed by atoms with Crippen molar-refractivity contribution in [3.05, 3.63) is 76.4 Å². The zero-order chi connectivity index (χ0) is 20.4. The molecule has 28 heavy (non-hydrogen) atoms. The number of ether oxygens (including phenoxy) is 1. The van der Waals surface area contributed by atoms with Gasteiger partial charge in [-0.25, -0.2) is 4.79 Å². The van der Waals surface area contributed by atoms with Gasteiger partial charge >= 0.3 is 5.97 Å². The van der Waals surface area contributed by atoms with Crippen molar-refractivity contribution in [2.45, 2.75) is 27.7 Å². The Morgan fingerprint density at radius 2 is 1.75 bits per heavy atom. The van der Waals surface area contributed by atoms with Crippen LogP contribution in [0, 0.1) is 20.8 Å². The Balaban J connectivity index is 1.74. The molecule has 3 aromatic rings. The molecule has 0 fully saturated rings. The Bertz CT molecular complexity index is 1060. The highest BCUT2D eigenvalue weighted by Gasteiger charge is 2.21. The van der Waals surface area contributed by atoms with E-state index in [9.17, 15) is 14.4 Å². The SMILES string of the molecule is CC(=O)c1c(C)[nH]c(C(=O)COC(=O)c2ccc(C)c(-n3cccc3)c2)c1C. The number of benzene rings is 1. The topological polar surface area (TPSA) is 81.2 Å². The summed E-state index contributed by atoms with van der Waals surface area (Å²) in [6, 6.07) is 9.05. The Morgan fingerprint density at radius 1 is 1.07 bits per heavy atom. The molecule has 6 nitrogen and oxygen atoms in total. The molecule has 2 heterocycles. The average Bonchev–Trinajstić information content (AvgIpc) is 3.27. The van der Waals surface area contributed by atoms with E-state index in [4.69, 9.17) is 4.74 Å². The van der Waals surface area contributed by atoms with Crippen LogP contribution >= 0.6 is 0 Å². The van der Waals surface area contributed by atoms with Crippen LogP contribution in [-0.2, 0) is 4.74 Å². The predicted molar refractivity (Wildman–Crippen MR) is 105 cm³/mol. The fourth-order valence-corrected chi connectivity index (χ4v) is 3.35. The molecule has 6 heteroatoms. The Morgan fingerprint density at radius 3 is 2.36 bits per heavy atom. The van der Waals surface area contributed by atoms with Crippen LogP contribution in [0.4, 0.5) is 0 Å². The predicted octanol–water partition coefficient (Wildman–Crippen LogP) is 3.97. The number of aryl methyl sites for hydroxylation is 2. The number of aromatic amines is 1. The Hall–Kier alpha value is -3.41. The fourth-order valence-electron chi connectivity index (χ4n) is 3.35. The van der Waals surface area contributed by atoms with E-state index < -0.39 is 12.6 Å². The second kappa shape index (κ2) is 7.68. The standard InChI is InChI=1S/C22H22N2O4/c1-13-7-8-17(11-18(13)24-9-5-6-10-24)22(27)28-12-19(26)21-14(2)20(16(4)25)15(3)23-21/h5-11,23H,12H2,1-4H3. The molecule has 0 aliphatic carbocycles. The summed E-state index contributed by atoms with van der Waals surface area (Å²) >= 11 is 0. The van der Waals surface area contributed by atoms with Crippen LogP contribution in [0.15, 0.2) is 42.7 Å². The van der Waals surface area contributed by atoms with E-state index in [2.05, 4.69) is 4.98 Å². The molecule has 0 aliphatic rings. The zero-order valence-corrected chi connectivity index (χ0v) is 16.3. The lowest BCUT2D eigenvalue weighted by molar-refractivity contribution is 0.0473. The maximum absolute atomic E-state index is 12.5. The van der Waals surface area contributed by atoms with Crippen LogP contribution in [0.2, 0.25) is 0 Å². The molecule has 0 saturated heterocycles. The van der Waals surface area contributed by atoms with Crippen molar-refractivity contribution >= 4 is 17.5 Å². The van der Waals surface area contributed by atoms with Crippen LogP contribution in [0.5, 0.6) is 0 Å². The highest BCUT2D eigenvalue weighted by atomic mass is 16.5. The number of esters is 1. The summed E-state index contributed by atoms with van der Waals surface area (Å²) in [6.07, 6.45) is 3.79. The van der Waals surface area contributed by atoms with Crippen LogP contribution < -0.4 is 0 Å². The van der Waals surface area contributed by atoms with E-state index in [0.29, 0.717) is 28.1 Å². The third-order valence-corrected chi connectivity index (χ3v) is 4.73. The first-order chi connectivity index (χ1) is 13.3.